The van der Waals surface area contributed by atoms with Crippen LogP contribution in [-0.4, -0.2) is 58.9 Å². The van der Waals surface area contributed by atoms with Gasteiger partial charge in [-0.1, -0.05) is 6.92 Å². The van der Waals surface area contributed by atoms with Crippen LogP contribution in [-0.2, 0) is 13.6 Å². The van der Waals surface area contributed by atoms with E-state index in [9.17, 15) is 0 Å². The fourth-order valence-electron chi connectivity index (χ4n) is 2.70. The highest BCUT2D eigenvalue weighted by Gasteiger charge is 2.21. The monoisotopic (exact) mass is 421 g/mol. The Labute approximate surface area is 150 Å². The lowest BCUT2D eigenvalue weighted by molar-refractivity contribution is 0.324. The molecule has 0 bridgehead atoms. The molecule has 0 aliphatic carbocycles. The number of aromatic nitrogens is 3. The van der Waals surface area contributed by atoms with Crippen LogP contribution in [0.3, 0.4) is 0 Å². The number of nitrogens with one attached hydrogen (secondary N) is 2. The SMILES string of the molecule is CCCN1CCC(CNC(=NC)NCc2ncnn2C)C1.I. The lowest BCUT2D eigenvalue weighted by Crippen LogP contribution is -2.40. The van der Waals surface area contributed by atoms with E-state index in [1.54, 1.807) is 18.1 Å². The van der Waals surface area contributed by atoms with Crippen LogP contribution in [0.1, 0.15) is 25.6 Å². The fourth-order valence-corrected chi connectivity index (χ4v) is 2.70. The molecule has 1 aromatic heterocycles. The Balaban J connectivity index is 0.00000242. The van der Waals surface area contributed by atoms with E-state index in [1.807, 2.05) is 7.05 Å². The summed E-state index contributed by atoms with van der Waals surface area (Å²) in [6, 6.07) is 0. The zero-order valence-corrected chi connectivity index (χ0v) is 16.1. The maximum absolute atomic E-state index is 4.26. The van der Waals surface area contributed by atoms with Gasteiger partial charge in [0.15, 0.2) is 5.96 Å². The third-order valence-corrected chi connectivity index (χ3v) is 3.91. The van der Waals surface area contributed by atoms with Crippen molar-refractivity contribution in [1.82, 2.24) is 30.3 Å². The van der Waals surface area contributed by atoms with Gasteiger partial charge >= 0.3 is 0 Å². The summed E-state index contributed by atoms with van der Waals surface area (Å²) in [4.78, 5) is 11.0. The van der Waals surface area contributed by atoms with Gasteiger partial charge in [-0.05, 0) is 31.8 Å². The van der Waals surface area contributed by atoms with Crippen molar-refractivity contribution in [2.24, 2.45) is 18.0 Å². The molecule has 0 spiro atoms. The second kappa shape index (κ2) is 9.98. The maximum Gasteiger partial charge on any atom is 0.191 e. The molecule has 8 heteroatoms. The molecule has 0 amide bonds. The summed E-state index contributed by atoms with van der Waals surface area (Å²) in [5, 5.41) is 10.7. The predicted molar refractivity (Wildman–Crippen MR) is 99.5 cm³/mol. The number of hydrogen-bond donors (Lipinski definition) is 2. The average molecular weight is 421 g/mol. The number of aliphatic imine (C=N–C) groups is 1. The van der Waals surface area contributed by atoms with Crippen molar-refractivity contribution in [2.75, 3.05) is 33.2 Å². The minimum absolute atomic E-state index is 0. The van der Waals surface area contributed by atoms with E-state index in [0.29, 0.717) is 12.5 Å². The van der Waals surface area contributed by atoms with Gasteiger partial charge in [-0.3, -0.25) is 9.67 Å². The first-order chi connectivity index (χ1) is 10.2. The summed E-state index contributed by atoms with van der Waals surface area (Å²) in [5.74, 6) is 2.44. The zero-order chi connectivity index (χ0) is 15.1. The van der Waals surface area contributed by atoms with Crippen LogP contribution >= 0.6 is 24.0 Å². The van der Waals surface area contributed by atoms with Crippen molar-refractivity contribution >= 4 is 29.9 Å². The molecule has 126 valence electrons. The van der Waals surface area contributed by atoms with Crippen molar-refractivity contribution < 1.29 is 0 Å². The second-order valence-electron chi connectivity index (χ2n) is 5.56. The van der Waals surface area contributed by atoms with Crippen molar-refractivity contribution in [2.45, 2.75) is 26.3 Å². The summed E-state index contributed by atoms with van der Waals surface area (Å²) in [6.45, 7) is 7.48. The highest BCUT2D eigenvalue weighted by atomic mass is 127. The molecule has 7 nitrogen and oxygen atoms in total. The largest absolute Gasteiger partial charge is 0.356 e. The van der Waals surface area contributed by atoms with Gasteiger partial charge in [0.2, 0.25) is 0 Å². The van der Waals surface area contributed by atoms with Crippen molar-refractivity contribution in [3.05, 3.63) is 12.2 Å². The lowest BCUT2D eigenvalue weighted by atomic mass is 10.1. The molecule has 1 aliphatic rings. The first-order valence-electron chi connectivity index (χ1n) is 7.72. The van der Waals surface area contributed by atoms with E-state index in [4.69, 9.17) is 0 Å². The lowest BCUT2D eigenvalue weighted by Gasteiger charge is -2.16. The number of likely N-dealkylation sites (tertiary alicyclic amines) is 1. The van der Waals surface area contributed by atoms with Crippen LogP contribution in [0.4, 0.5) is 0 Å². The summed E-state index contributed by atoms with van der Waals surface area (Å²) in [5.41, 5.74) is 0. The maximum atomic E-state index is 4.26. The number of guanidine groups is 1. The van der Waals surface area contributed by atoms with Gasteiger partial charge in [0.25, 0.3) is 0 Å². The van der Waals surface area contributed by atoms with E-state index < -0.39 is 0 Å². The predicted octanol–water partition coefficient (Wildman–Crippen LogP) is 0.830. The molecule has 1 aliphatic heterocycles. The molecule has 0 aromatic carbocycles. The van der Waals surface area contributed by atoms with Crippen LogP contribution in [0.25, 0.3) is 0 Å². The molecule has 1 fully saturated rings. The Kier molecular flexibility index (Phi) is 8.69. The van der Waals surface area contributed by atoms with Gasteiger partial charge in [-0.15, -0.1) is 24.0 Å². The topological polar surface area (TPSA) is 70.4 Å². The third kappa shape index (κ3) is 5.71. The first kappa shape index (κ1) is 19.1. The van der Waals surface area contributed by atoms with Gasteiger partial charge in [0.05, 0.1) is 6.54 Å². The van der Waals surface area contributed by atoms with Crippen LogP contribution < -0.4 is 10.6 Å². The van der Waals surface area contributed by atoms with E-state index in [-0.39, 0.29) is 24.0 Å². The Bertz CT molecular complexity index is 460. The molecule has 22 heavy (non-hydrogen) atoms. The quantitative estimate of drug-likeness (QED) is 0.405. The Morgan fingerprint density at radius 1 is 1.45 bits per heavy atom. The Hall–Kier alpha value is -0.900. The summed E-state index contributed by atoms with van der Waals surface area (Å²) < 4.78 is 1.76. The molecular formula is C14H28IN7. The van der Waals surface area contributed by atoms with Crippen molar-refractivity contribution in [3.63, 3.8) is 0 Å². The van der Waals surface area contributed by atoms with Gasteiger partial charge in [-0.2, -0.15) is 5.10 Å². The van der Waals surface area contributed by atoms with Crippen molar-refractivity contribution in [1.29, 1.82) is 0 Å². The Morgan fingerprint density at radius 3 is 2.91 bits per heavy atom. The summed E-state index contributed by atoms with van der Waals surface area (Å²) in [6.07, 6.45) is 4.07. The van der Waals surface area contributed by atoms with Crippen LogP contribution in [0, 0.1) is 5.92 Å². The van der Waals surface area contributed by atoms with E-state index >= 15 is 0 Å². The molecule has 2 rings (SSSR count). The molecule has 2 heterocycles. The third-order valence-electron chi connectivity index (χ3n) is 3.91. The van der Waals surface area contributed by atoms with Crippen LogP contribution in [0.5, 0.6) is 0 Å². The van der Waals surface area contributed by atoms with Crippen LogP contribution in [0.15, 0.2) is 11.3 Å². The smallest absolute Gasteiger partial charge is 0.191 e. The Morgan fingerprint density at radius 2 is 2.27 bits per heavy atom. The zero-order valence-electron chi connectivity index (χ0n) is 13.7. The number of nitrogens with zero attached hydrogens (tertiary/aromatic N) is 5. The fraction of sp³-hybridized carbons (Fsp3) is 0.786. The standard InChI is InChI=1S/C14H27N7.HI/c1-4-6-21-7-5-12(10-21)8-16-14(15-2)17-9-13-18-11-19-20(13)3;/h11-12H,4-10H2,1-3H3,(H2,15,16,17);1H. The summed E-state index contributed by atoms with van der Waals surface area (Å²) in [7, 11) is 3.69. The molecular weight excluding hydrogens is 393 g/mol. The second-order valence-corrected chi connectivity index (χ2v) is 5.56. The van der Waals surface area contributed by atoms with Gasteiger partial charge < -0.3 is 15.5 Å². The van der Waals surface area contributed by atoms with E-state index in [0.717, 1.165) is 18.3 Å². The molecule has 2 N–H and O–H groups in total. The van der Waals surface area contributed by atoms with Crippen molar-refractivity contribution in [3.8, 4) is 0 Å². The first-order valence-corrected chi connectivity index (χ1v) is 7.72. The number of aryl methyl sites for hydroxylation is 1. The molecule has 0 radical (unpaired) electrons. The number of hydrogen-bond acceptors (Lipinski definition) is 4. The van der Waals surface area contributed by atoms with E-state index in [1.165, 1.54) is 32.5 Å². The number of halogens is 1. The molecule has 1 aromatic rings. The van der Waals surface area contributed by atoms with Gasteiger partial charge in [0, 0.05) is 27.2 Å². The highest BCUT2D eigenvalue weighted by Crippen LogP contribution is 2.15. The molecule has 0 saturated carbocycles. The minimum atomic E-state index is 0. The summed E-state index contributed by atoms with van der Waals surface area (Å²) >= 11 is 0. The average Bonchev–Trinajstić information content (AvgIpc) is 3.09. The van der Waals surface area contributed by atoms with Gasteiger partial charge in [-0.25, -0.2) is 4.98 Å². The minimum Gasteiger partial charge on any atom is -0.356 e. The molecule has 1 saturated heterocycles. The molecule has 1 unspecified atom stereocenters. The van der Waals surface area contributed by atoms with Crippen LogP contribution in [0.2, 0.25) is 0 Å². The molecule has 1 atom stereocenters. The highest BCUT2D eigenvalue weighted by molar-refractivity contribution is 14.0. The normalized spacial score (nSPS) is 19.0. The van der Waals surface area contributed by atoms with Gasteiger partial charge in [0.1, 0.15) is 12.2 Å². The van der Waals surface area contributed by atoms with E-state index in [2.05, 4.69) is 37.5 Å². The number of rotatable bonds is 6.